The van der Waals surface area contributed by atoms with E-state index in [4.69, 9.17) is 4.74 Å². The van der Waals surface area contributed by atoms with E-state index in [1.54, 1.807) is 21.0 Å². The highest BCUT2D eigenvalue weighted by molar-refractivity contribution is 7.89. The number of rotatable bonds is 11. The molecule has 2 N–H and O–H groups in total. The van der Waals surface area contributed by atoms with Crippen molar-refractivity contribution in [2.45, 2.75) is 70.0 Å². The number of likely N-dealkylation sites (tertiary alicyclic amines) is 1. The van der Waals surface area contributed by atoms with Gasteiger partial charge in [0.1, 0.15) is 5.56 Å². The molecule has 4 rings (SSSR count). The highest BCUT2D eigenvalue weighted by Gasteiger charge is 2.36. The second-order valence-electron chi connectivity index (χ2n) is 11.1. The molecule has 4 heterocycles. The third-order valence-electron chi connectivity index (χ3n) is 7.17. The number of ether oxygens (including phenoxy) is 1. The number of methoxy groups -OCH3 is 1. The SMILES string of the molecule is CO[C@@H]1CCN(CCCS(=O)(=O)N2CCC(Nc3ncc(C(F)(F)F)c(-c4cnn(CC(C)(C)O)c4)n3)CC2)C1. The van der Waals surface area contributed by atoms with Crippen molar-refractivity contribution in [3.8, 4) is 11.3 Å². The Hall–Kier alpha value is -2.33. The van der Waals surface area contributed by atoms with E-state index < -0.39 is 27.4 Å². The standard InChI is InChI=1S/C25H38F3N7O4S/c1-24(2,36)17-34-15-18(13-30-34)22-21(25(26,27)28)14-29-23(32-22)31-19-5-10-35(11-6-19)40(37,38)12-4-8-33-9-7-20(16-33)39-3/h13-15,19-20,36H,4-12,16-17H2,1-3H3,(H,29,31,32)/t20-/m1/s1. The third-order valence-corrected chi connectivity index (χ3v) is 9.13. The van der Waals surface area contributed by atoms with Gasteiger partial charge in [0, 0.05) is 57.3 Å². The van der Waals surface area contributed by atoms with E-state index in [2.05, 4.69) is 25.3 Å². The van der Waals surface area contributed by atoms with Crippen LogP contribution < -0.4 is 5.32 Å². The highest BCUT2D eigenvalue weighted by atomic mass is 32.2. The van der Waals surface area contributed by atoms with Gasteiger partial charge < -0.3 is 20.1 Å². The monoisotopic (exact) mass is 589 g/mol. The van der Waals surface area contributed by atoms with Crippen LogP contribution in [-0.4, -0.2) is 106 Å². The van der Waals surface area contributed by atoms with Crippen molar-refractivity contribution in [3.05, 3.63) is 24.2 Å². The smallest absolute Gasteiger partial charge is 0.389 e. The molecule has 0 radical (unpaired) electrons. The lowest BCUT2D eigenvalue weighted by Gasteiger charge is -2.32. The van der Waals surface area contributed by atoms with Crippen LogP contribution in [-0.2, 0) is 27.5 Å². The Morgan fingerprint density at radius 3 is 2.50 bits per heavy atom. The van der Waals surface area contributed by atoms with Crippen LogP contribution in [0.4, 0.5) is 19.1 Å². The lowest BCUT2D eigenvalue weighted by atomic mass is 10.1. The number of nitrogens with one attached hydrogen (secondary N) is 1. The van der Waals surface area contributed by atoms with E-state index in [0.717, 1.165) is 25.7 Å². The Morgan fingerprint density at radius 2 is 1.88 bits per heavy atom. The molecule has 2 aromatic heterocycles. The number of sulfonamides is 1. The van der Waals surface area contributed by atoms with Crippen molar-refractivity contribution >= 4 is 16.0 Å². The second-order valence-corrected chi connectivity index (χ2v) is 13.2. The summed E-state index contributed by atoms with van der Waals surface area (Å²) in [7, 11) is -1.71. The highest BCUT2D eigenvalue weighted by Crippen LogP contribution is 2.36. The topological polar surface area (TPSA) is 126 Å². The molecule has 2 aliphatic heterocycles. The molecule has 0 aromatic carbocycles. The van der Waals surface area contributed by atoms with E-state index in [1.165, 1.54) is 21.4 Å². The van der Waals surface area contributed by atoms with Crippen LogP contribution in [0.15, 0.2) is 18.6 Å². The Labute approximate surface area is 232 Å². The van der Waals surface area contributed by atoms with Gasteiger partial charge in [0.15, 0.2) is 0 Å². The van der Waals surface area contributed by atoms with Crippen molar-refractivity contribution in [2.75, 3.05) is 50.9 Å². The molecule has 0 aliphatic carbocycles. The first-order valence-corrected chi connectivity index (χ1v) is 15.0. The van der Waals surface area contributed by atoms with E-state index in [0.29, 0.717) is 38.9 Å². The summed E-state index contributed by atoms with van der Waals surface area (Å²) in [5, 5.41) is 17.2. The van der Waals surface area contributed by atoms with Gasteiger partial charge in [-0.3, -0.25) is 4.68 Å². The zero-order valence-electron chi connectivity index (χ0n) is 23.1. The van der Waals surface area contributed by atoms with Gasteiger partial charge in [0.05, 0.1) is 35.9 Å². The fraction of sp³-hybridized carbons (Fsp3) is 0.720. The second kappa shape index (κ2) is 12.3. The fourth-order valence-electron chi connectivity index (χ4n) is 5.10. The van der Waals surface area contributed by atoms with Crippen LogP contribution in [0.3, 0.4) is 0 Å². The largest absolute Gasteiger partial charge is 0.419 e. The van der Waals surface area contributed by atoms with Crippen LogP contribution in [0.5, 0.6) is 0 Å². The number of aromatic nitrogens is 4. The first kappa shape index (κ1) is 30.6. The molecule has 2 aliphatic rings. The third kappa shape index (κ3) is 8.12. The molecule has 11 nitrogen and oxygen atoms in total. The quantitative estimate of drug-likeness (QED) is 0.407. The van der Waals surface area contributed by atoms with E-state index in [1.807, 2.05) is 0 Å². The molecule has 0 bridgehead atoms. The Morgan fingerprint density at radius 1 is 1.15 bits per heavy atom. The zero-order valence-corrected chi connectivity index (χ0v) is 23.9. The Balaban J connectivity index is 1.35. The zero-order chi connectivity index (χ0) is 29.1. The van der Waals surface area contributed by atoms with Crippen LogP contribution in [0.1, 0.15) is 45.1 Å². The molecular weight excluding hydrogens is 551 g/mol. The summed E-state index contributed by atoms with van der Waals surface area (Å²) in [6, 6.07) is -0.190. The molecular formula is C25H38F3N7O4S. The summed E-state index contributed by atoms with van der Waals surface area (Å²) in [4.78, 5) is 10.3. The molecule has 0 saturated carbocycles. The minimum Gasteiger partial charge on any atom is -0.389 e. The number of alkyl halides is 3. The summed E-state index contributed by atoms with van der Waals surface area (Å²) >= 11 is 0. The molecule has 15 heteroatoms. The first-order valence-electron chi connectivity index (χ1n) is 13.4. The van der Waals surface area contributed by atoms with Gasteiger partial charge in [-0.1, -0.05) is 0 Å². The van der Waals surface area contributed by atoms with Crippen LogP contribution in [0.25, 0.3) is 11.3 Å². The summed E-state index contributed by atoms with van der Waals surface area (Å²) in [6.07, 6.45) is 1.42. The van der Waals surface area contributed by atoms with E-state index in [-0.39, 0.29) is 41.6 Å². The minimum absolute atomic E-state index is 0.0273. The molecule has 40 heavy (non-hydrogen) atoms. The normalized spacial score (nSPS) is 20.3. The van der Waals surface area contributed by atoms with Gasteiger partial charge in [-0.25, -0.2) is 22.7 Å². The predicted octanol–water partition coefficient (Wildman–Crippen LogP) is 2.45. The number of halogens is 3. The van der Waals surface area contributed by atoms with Gasteiger partial charge >= 0.3 is 6.18 Å². The van der Waals surface area contributed by atoms with E-state index in [9.17, 15) is 26.7 Å². The molecule has 1 atom stereocenters. The van der Waals surface area contributed by atoms with Crippen molar-refractivity contribution in [2.24, 2.45) is 0 Å². The van der Waals surface area contributed by atoms with Gasteiger partial charge in [-0.2, -0.15) is 18.3 Å². The van der Waals surface area contributed by atoms with Gasteiger partial charge in [-0.05, 0) is 46.1 Å². The molecule has 0 unspecified atom stereocenters. The number of piperidine rings is 1. The van der Waals surface area contributed by atoms with Crippen molar-refractivity contribution < 1.29 is 31.4 Å². The van der Waals surface area contributed by atoms with Gasteiger partial charge in [0.2, 0.25) is 16.0 Å². The minimum atomic E-state index is -4.67. The molecule has 2 fully saturated rings. The maximum atomic E-state index is 13.7. The molecule has 0 amide bonds. The molecule has 0 spiro atoms. The summed E-state index contributed by atoms with van der Waals surface area (Å²) in [5.41, 5.74) is -2.26. The molecule has 2 aromatic rings. The Kier molecular flexibility index (Phi) is 9.39. The van der Waals surface area contributed by atoms with Gasteiger partial charge in [-0.15, -0.1) is 0 Å². The number of anilines is 1. The van der Waals surface area contributed by atoms with Crippen LogP contribution in [0.2, 0.25) is 0 Å². The van der Waals surface area contributed by atoms with Crippen molar-refractivity contribution in [1.82, 2.24) is 29.0 Å². The average molecular weight is 590 g/mol. The fourth-order valence-corrected chi connectivity index (χ4v) is 6.62. The first-order chi connectivity index (χ1) is 18.7. The number of hydrogen-bond donors (Lipinski definition) is 2. The number of hydrogen-bond acceptors (Lipinski definition) is 9. The predicted molar refractivity (Wildman–Crippen MR) is 143 cm³/mol. The van der Waals surface area contributed by atoms with Crippen LogP contribution >= 0.6 is 0 Å². The van der Waals surface area contributed by atoms with E-state index >= 15 is 0 Å². The summed E-state index contributed by atoms with van der Waals surface area (Å²) in [6.45, 7) is 6.31. The number of nitrogens with zero attached hydrogens (tertiary/aromatic N) is 6. The maximum absolute atomic E-state index is 13.7. The molecule has 224 valence electrons. The summed E-state index contributed by atoms with van der Waals surface area (Å²) in [5.74, 6) is 0.102. The lowest BCUT2D eigenvalue weighted by molar-refractivity contribution is -0.137. The van der Waals surface area contributed by atoms with Crippen molar-refractivity contribution in [1.29, 1.82) is 0 Å². The molecule has 2 saturated heterocycles. The average Bonchev–Trinajstić information content (AvgIpc) is 3.52. The Bertz CT molecular complexity index is 1240. The van der Waals surface area contributed by atoms with Crippen molar-refractivity contribution in [3.63, 3.8) is 0 Å². The lowest BCUT2D eigenvalue weighted by Crippen LogP contribution is -2.43. The maximum Gasteiger partial charge on any atom is 0.419 e. The van der Waals surface area contributed by atoms with Gasteiger partial charge in [0.25, 0.3) is 0 Å². The summed E-state index contributed by atoms with van der Waals surface area (Å²) < 4.78 is 75.1. The van der Waals surface area contributed by atoms with Crippen LogP contribution in [0, 0.1) is 0 Å². The number of aliphatic hydroxyl groups is 1.